The molecule has 196 valence electrons. The largest absolute Gasteiger partial charge is 0.497 e. The molecule has 0 heterocycles. The van der Waals surface area contributed by atoms with E-state index in [4.69, 9.17) is 23.7 Å². The van der Waals surface area contributed by atoms with Gasteiger partial charge in [0, 0.05) is 23.4 Å². The van der Waals surface area contributed by atoms with E-state index in [0.29, 0.717) is 40.0 Å². The lowest BCUT2D eigenvalue weighted by Gasteiger charge is -2.14. The minimum absolute atomic E-state index is 0.00831. The van der Waals surface area contributed by atoms with Gasteiger partial charge in [-0.15, -0.1) is 0 Å². The number of ether oxygens (including phenoxy) is 5. The van der Waals surface area contributed by atoms with Crippen LogP contribution in [-0.4, -0.2) is 49.9 Å². The summed E-state index contributed by atoms with van der Waals surface area (Å²) < 4.78 is 54.6. The molecule has 0 atom stereocenters. The Kier molecular flexibility index (Phi) is 8.86. The number of anilines is 2. The summed E-state index contributed by atoms with van der Waals surface area (Å²) in [5.74, 6) is 1.74. The third-order valence-electron chi connectivity index (χ3n) is 5.23. The van der Waals surface area contributed by atoms with Crippen LogP contribution in [-0.2, 0) is 14.8 Å². The number of benzene rings is 3. The lowest BCUT2D eigenvalue weighted by atomic mass is 10.1. The molecule has 0 aliphatic rings. The lowest BCUT2D eigenvalue weighted by molar-refractivity contribution is -0.111. The minimum Gasteiger partial charge on any atom is -0.497 e. The van der Waals surface area contributed by atoms with Crippen LogP contribution in [0.1, 0.15) is 5.56 Å². The van der Waals surface area contributed by atoms with E-state index in [1.54, 1.807) is 36.4 Å². The molecule has 3 aromatic carbocycles. The molecule has 10 nitrogen and oxygen atoms in total. The summed E-state index contributed by atoms with van der Waals surface area (Å²) in [6.07, 6.45) is 2.90. The van der Waals surface area contributed by atoms with Crippen LogP contribution in [0.15, 0.2) is 65.6 Å². The average molecular weight is 529 g/mol. The Morgan fingerprint density at radius 2 is 1.43 bits per heavy atom. The van der Waals surface area contributed by atoms with Crippen LogP contribution in [0.3, 0.4) is 0 Å². The van der Waals surface area contributed by atoms with Crippen LogP contribution < -0.4 is 33.7 Å². The maximum Gasteiger partial charge on any atom is 0.262 e. The number of sulfonamides is 1. The maximum absolute atomic E-state index is 12.8. The second-order valence-corrected chi connectivity index (χ2v) is 9.12. The van der Waals surface area contributed by atoms with Crippen molar-refractivity contribution in [3.05, 3.63) is 66.2 Å². The van der Waals surface area contributed by atoms with Gasteiger partial charge in [0.25, 0.3) is 10.0 Å². The van der Waals surface area contributed by atoms with E-state index in [0.717, 1.165) is 0 Å². The third kappa shape index (κ3) is 6.44. The third-order valence-corrected chi connectivity index (χ3v) is 6.62. The second kappa shape index (κ2) is 12.0. The van der Waals surface area contributed by atoms with Crippen molar-refractivity contribution in [3.8, 4) is 28.7 Å². The Bertz CT molecular complexity index is 1390. The van der Waals surface area contributed by atoms with Crippen LogP contribution in [0, 0.1) is 0 Å². The smallest absolute Gasteiger partial charge is 0.262 e. The molecule has 0 aliphatic heterocycles. The van der Waals surface area contributed by atoms with E-state index in [1.165, 1.54) is 65.9 Å². The summed E-state index contributed by atoms with van der Waals surface area (Å²) in [6.45, 7) is 0. The van der Waals surface area contributed by atoms with E-state index < -0.39 is 15.9 Å². The van der Waals surface area contributed by atoms with E-state index in [9.17, 15) is 13.2 Å². The highest BCUT2D eigenvalue weighted by Gasteiger charge is 2.18. The molecule has 0 fully saturated rings. The van der Waals surface area contributed by atoms with Gasteiger partial charge in [-0.25, -0.2) is 8.42 Å². The molecule has 3 aromatic rings. The number of hydrogen-bond donors (Lipinski definition) is 2. The van der Waals surface area contributed by atoms with Gasteiger partial charge >= 0.3 is 0 Å². The molecule has 0 saturated carbocycles. The molecule has 0 radical (unpaired) electrons. The zero-order chi connectivity index (χ0) is 27.0. The first-order valence-corrected chi connectivity index (χ1v) is 12.4. The fraction of sp³-hybridized carbons (Fsp3) is 0.192. The summed E-state index contributed by atoms with van der Waals surface area (Å²) in [5.41, 5.74) is 1.28. The Morgan fingerprint density at radius 3 is 2.03 bits per heavy atom. The summed E-state index contributed by atoms with van der Waals surface area (Å²) in [5, 5.41) is 2.69. The summed E-state index contributed by atoms with van der Waals surface area (Å²) in [4.78, 5) is 12.5. The molecular formula is C26H28N2O8S. The van der Waals surface area contributed by atoms with Gasteiger partial charge in [-0.05, 0) is 54.6 Å². The quantitative estimate of drug-likeness (QED) is 0.356. The normalized spacial score (nSPS) is 11.1. The predicted molar refractivity (Wildman–Crippen MR) is 141 cm³/mol. The Balaban J connectivity index is 1.71. The van der Waals surface area contributed by atoms with Crippen LogP contribution in [0.5, 0.6) is 28.7 Å². The molecule has 2 N–H and O–H groups in total. The predicted octanol–water partition coefficient (Wildman–Crippen LogP) is 4.18. The maximum atomic E-state index is 12.8. The monoisotopic (exact) mass is 528 g/mol. The van der Waals surface area contributed by atoms with E-state index in [2.05, 4.69) is 10.0 Å². The summed E-state index contributed by atoms with van der Waals surface area (Å²) >= 11 is 0. The van der Waals surface area contributed by atoms with Crippen molar-refractivity contribution in [2.45, 2.75) is 4.90 Å². The van der Waals surface area contributed by atoms with Crippen molar-refractivity contribution in [3.63, 3.8) is 0 Å². The zero-order valence-corrected chi connectivity index (χ0v) is 21.8. The Labute approximate surface area is 215 Å². The van der Waals surface area contributed by atoms with Crippen molar-refractivity contribution in [1.29, 1.82) is 0 Å². The fourth-order valence-electron chi connectivity index (χ4n) is 3.41. The highest BCUT2D eigenvalue weighted by atomic mass is 32.2. The number of carbonyl (C=O) groups excluding carboxylic acids is 1. The van der Waals surface area contributed by atoms with Crippen molar-refractivity contribution in [2.24, 2.45) is 0 Å². The Hall–Kier alpha value is -4.38. The van der Waals surface area contributed by atoms with E-state index in [1.807, 2.05) is 0 Å². The molecule has 37 heavy (non-hydrogen) atoms. The molecule has 3 rings (SSSR count). The highest BCUT2D eigenvalue weighted by molar-refractivity contribution is 7.92. The number of carbonyl (C=O) groups is 1. The molecule has 1 amide bonds. The molecule has 0 bridgehead atoms. The number of hydrogen-bond acceptors (Lipinski definition) is 8. The van der Waals surface area contributed by atoms with Gasteiger partial charge < -0.3 is 29.0 Å². The van der Waals surface area contributed by atoms with Crippen LogP contribution in [0.25, 0.3) is 6.08 Å². The first-order valence-electron chi connectivity index (χ1n) is 10.9. The number of nitrogens with one attached hydrogen (secondary N) is 2. The standard InChI is InChI=1S/C26H28N2O8S/c1-32-19-10-13-21(23(16-19)34-3)28-37(30,31)20-11-8-18(9-12-20)27-24(29)15-7-17-6-14-22(33-2)26(36-5)25(17)35-4/h6-16,28H,1-5H3,(H,27,29)/b15-7+. The van der Waals surface area contributed by atoms with Gasteiger partial charge in [0.1, 0.15) is 11.5 Å². The van der Waals surface area contributed by atoms with Crippen molar-refractivity contribution >= 4 is 33.4 Å². The van der Waals surface area contributed by atoms with Gasteiger partial charge in [0.15, 0.2) is 11.5 Å². The van der Waals surface area contributed by atoms with E-state index >= 15 is 0 Å². The van der Waals surface area contributed by atoms with Gasteiger partial charge in [-0.1, -0.05) is 0 Å². The highest BCUT2D eigenvalue weighted by Crippen LogP contribution is 2.40. The molecule has 0 spiro atoms. The first kappa shape index (κ1) is 27.2. The van der Waals surface area contributed by atoms with Crippen molar-refractivity contribution < 1.29 is 36.9 Å². The van der Waals surface area contributed by atoms with Gasteiger partial charge in [-0.2, -0.15) is 0 Å². The van der Waals surface area contributed by atoms with Crippen molar-refractivity contribution in [2.75, 3.05) is 45.6 Å². The zero-order valence-electron chi connectivity index (χ0n) is 21.0. The molecular weight excluding hydrogens is 500 g/mol. The molecule has 0 saturated heterocycles. The summed E-state index contributed by atoms with van der Waals surface area (Å²) in [7, 11) is 3.52. The molecule has 0 aromatic heterocycles. The van der Waals surface area contributed by atoms with Gasteiger partial charge in [-0.3, -0.25) is 9.52 Å². The van der Waals surface area contributed by atoms with Crippen LogP contribution in [0.4, 0.5) is 11.4 Å². The molecule has 11 heteroatoms. The van der Waals surface area contributed by atoms with Gasteiger partial charge in [0.2, 0.25) is 11.7 Å². The SMILES string of the molecule is COc1ccc(NS(=O)(=O)c2ccc(NC(=O)/C=C/c3ccc(OC)c(OC)c3OC)cc2)c(OC)c1. The second-order valence-electron chi connectivity index (χ2n) is 7.44. The van der Waals surface area contributed by atoms with Crippen LogP contribution in [0.2, 0.25) is 0 Å². The van der Waals surface area contributed by atoms with Crippen LogP contribution >= 0.6 is 0 Å². The summed E-state index contributed by atoms with van der Waals surface area (Å²) in [6, 6.07) is 13.9. The minimum atomic E-state index is -3.91. The van der Waals surface area contributed by atoms with Crippen molar-refractivity contribution in [1.82, 2.24) is 0 Å². The number of amides is 1. The first-order chi connectivity index (χ1) is 17.8. The van der Waals surface area contributed by atoms with E-state index in [-0.39, 0.29) is 10.6 Å². The average Bonchev–Trinajstić information content (AvgIpc) is 2.91. The Morgan fingerprint density at radius 1 is 0.757 bits per heavy atom. The molecule has 0 aliphatic carbocycles. The number of rotatable bonds is 11. The number of methoxy groups -OCH3 is 5. The topological polar surface area (TPSA) is 121 Å². The van der Waals surface area contributed by atoms with Gasteiger partial charge in [0.05, 0.1) is 46.1 Å². The lowest BCUT2D eigenvalue weighted by Crippen LogP contribution is -2.14. The fourth-order valence-corrected chi connectivity index (χ4v) is 4.48. The molecule has 0 unspecified atom stereocenters.